The van der Waals surface area contributed by atoms with Gasteiger partial charge in [0.15, 0.2) is 0 Å². The lowest BCUT2D eigenvalue weighted by atomic mass is 9.95. The maximum absolute atomic E-state index is 4.92. The van der Waals surface area contributed by atoms with E-state index in [-0.39, 0.29) is 5.41 Å². The van der Waals surface area contributed by atoms with E-state index < -0.39 is 0 Å². The molecule has 17 heavy (non-hydrogen) atoms. The first-order valence-corrected chi connectivity index (χ1v) is 6.77. The molecule has 0 fully saturated rings. The molecule has 2 heterocycles. The SMILES string of the molecule is CNCCc1nc(C(C)(C)C)n2c1CCCC2. The fraction of sp³-hybridized carbons (Fsp3) is 0.786. The van der Waals surface area contributed by atoms with Gasteiger partial charge in [-0.3, -0.25) is 0 Å². The van der Waals surface area contributed by atoms with Gasteiger partial charge in [0, 0.05) is 30.6 Å². The van der Waals surface area contributed by atoms with Crippen molar-refractivity contribution in [3.8, 4) is 0 Å². The van der Waals surface area contributed by atoms with E-state index in [9.17, 15) is 0 Å². The Morgan fingerprint density at radius 2 is 2.06 bits per heavy atom. The number of fused-ring (bicyclic) bond motifs is 1. The molecule has 1 aliphatic rings. The summed E-state index contributed by atoms with van der Waals surface area (Å²) in [6, 6.07) is 0. The minimum Gasteiger partial charge on any atom is -0.331 e. The minimum atomic E-state index is 0.157. The second kappa shape index (κ2) is 4.81. The summed E-state index contributed by atoms with van der Waals surface area (Å²) in [7, 11) is 2.01. The first-order valence-electron chi connectivity index (χ1n) is 6.77. The van der Waals surface area contributed by atoms with Gasteiger partial charge < -0.3 is 9.88 Å². The highest BCUT2D eigenvalue weighted by molar-refractivity contribution is 5.23. The Hall–Kier alpha value is -0.830. The van der Waals surface area contributed by atoms with Crippen LogP contribution in [0.5, 0.6) is 0 Å². The van der Waals surface area contributed by atoms with Crippen LogP contribution in [0.4, 0.5) is 0 Å². The van der Waals surface area contributed by atoms with Gasteiger partial charge in [0.2, 0.25) is 0 Å². The van der Waals surface area contributed by atoms with Gasteiger partial charge in [-0.1, -0.05) is 20.8 Å². The van der Waals surface area contributed by atoms with Crippen LogP contribution in [0.1, 0.15) is 50.8 Å². The average molecular weight is 235 g/mol. The lowest BCUT2D eigenvalue weighted by molar-refractivity contribution is 0.453. The maximum Gasteiger partial charge on any atom is 0.114 e. The molecule has 0 bridgehead atoms. The minimum absolute atomic E-state index is 0.157. The maximum atomic E-state index is 4.92. The van der Waals surface area contributed by atoms with Crippen molar-refractivity contribution in [1.29, 1.82) is 0 Å². The molecule has 1 aromatic heterocycles. The molecule has 0 saturated carbocycles. The van der Waals surface area contributed by atoms with Gasteiger partial charge in [-0.15, -0.1) is 0 Å². The van der Waals surface area contributed by atoms with Gasteiger partial charge >= 0.3 is 0 Å². The molecule has 3 heteroatoms. The molecule has 1 aromatic rings. The van der Waals surface area contributed by atoms with Crippen LogP contribution >= 0.6 is 0 Å². The van der Waals surface area contributed by atoms with Crippen molar-refractivity contribution in [3.63, 3.8) is 0 Å². The Bertz CT molecular complexity index is 385. The van der Waals surface area contributed by atoms with Crippen molar-refractivity contribution in [2.45, 2.75) is 58.4 Å². The molecule has 0 atom stereocenters. The summed E-state index contributed by atoms with van der Waals surface area (Å²) in [5.74, 6) is 1.28. The molecule has 1 N–H and O–H groups in total. The van der Waals surface area contributed by atoms with Gasteiger partial charge in [-0.2, -0.15) is 0 Å². The normalized spacial score (nSPS) is 16.0. The summed E-state index contributed by atoms with van der Waals surface area (Å²) in [6.45, 7) is 8.97. The fourth-order valence-corrected chi connectivity index (χ4v) is 2.63. The molecule has 0 unspecified atom stereocenters. The molecule has 2 rings (SSSR count). The van der Waals surface area contributed by atoms with Gasteiger partial charge in [0.1, 0.15) is 5.82 Å². The largest absolute Gasteiger partial charge is 0.331 e. The van der Waals surface area contributed by atoms with E-state index in [0.29, 0.717) is 0 Å². The summed E-state index contributed by atoms with van der Waals surface area (Å²) in [5.41, 5.74) is 2.98. The molecular formula is C14H25N3. The second-order valence-electron chi connectivity index (χ2n) is 6.04. The molecule has 3 nitrogen and oxygen atoms in total. The number of imidazole rings is 1. The van der Waals surface area contributed by atoms with Gasteiger partial charge in [-0.25, -0.2) is 4.98 Å². The summed E-state index contributed by atoms with van der Waals surface area (Å²) in [5, 5.41) is 3.22. The number of nitrogens with one attached hydrogen (secondary N) is 1. The highest BCUT2D eigenvalue weighted by Gasteiger charge is 2.26. The van der Waals surface area contributed by atoms with E-state index in [0.717, 1.165) is 19.5 Å². The van der Waals surface area contributed by atoms with Crippen LogP contribution in [0, 0.1) is 0 Å². The second-order valence-corrected chi connectivity index (χ2v) is 6.04. The van der Waals surface area contributed by atoms with Gasteiger partial charge in [-0.05, 0) is 26.3 Å². The molecule has 0 aromatic carbocycles. The zero-order valence-corrected chi connectivity index (χ0v) is 11.6. The third kappa shape index (κ3) is 2.54. The first kappa shape index (κ1) is 12.6. The van der Waals surface area contributed by atoms with Crippen molar-refractivity contribution in [3.05, 3.63) is 17.2 Å². The Kier molecular flexibility index (Phi) is 3.57. The Morgan fingerprint density at radius 1 is 1.29 bits per heavy atom. The molecule has 0 aliphatic carbocycles. The molecule has 0 spiro atoms. The van der Waals surface area contributed by atoms with Crippen LogP contribution in [0.25, 0.3) is 0 Å². The van der Waals surface area contributed by atoms with Crippen molar-refractivity contribution in [2.75, 3.05) is 13.6 Å². The van der Waals surface area contributed by atoms with Gasteiger partial charge in [0.25, 0.3) is 0 Å². The molecule has 0 saturated heterocycles. The highest BCUT2D eigenvalue weighted by atomic mass is 15.1. The van der Waals surface area contributed by atoms with Crippen LogP contribution < -0.4 is 5.32 Å². The van der Waals surface area contributed by atoms with E-state index >= 15 is 0 Å². The first-order chi connectivity index (χ1) is 8.04. The van der Waals surface area contributed by atoms with E-state index in [1.165, 1.54) is 36.5 Å². The predicted molar refractivity (Wildman–Crippen MR) is 71.5 cm³/mol. The molecule has 96 valence electrons. The Morgan fingerprint density at radius 3 is 2.71 bits per heavy atom. The number of nitrogens with zero attached hydrogens (tertiary/aromatic N) is 2. The standard InChI is InChI=1S/C14H25N3/c1-14(2,3)13-16-11(8-9-15-4)12-7-5-6-10-17(12)13/h15H,5-10H2,1-4H3. The van der Waals surface area contributed by atoms with Crippen molar-refractivity contribution in [2.24, 2.45) is 0 Å². The predicted octanol–water partition coefficient (Wildman–Crippen LogP) is 2.28. The molecular weight excluding hydrogens is 210 g/mol. The van der Waals surface area contributed by atoms with E-state index in [2.05, 4.69) is 30.7 Å². The zero-order chi connectivity index (χ0) is 12.5. The van der Waals surface area contributed by atoms with Crippen LogP contribution in [0.3, 0.4) is 0 Å². The molecule has 1 aliphatic heterocycles. The summed E-state index contributed by atoms with van der Waals surface area (Å²) in [4.78, 5) is 4.92. The summed E-state index contributed by atoms with van der Waals surface area (Å²) < 4.78 is 2.48. The van der Waals surface area contributed by atoms with Crippen LogP contribution in [0.2, 0.25) is 0 Å². The van der Waals surface area contributed by atoms with Crippen LogP contribution in [-0.2, 0) is 24.8 Å². The lowest BCUT2D eigenvalue weighted by Crippen LogP contribution is -2.22. The number of hydrogen-bond acceptors (Lipinski definition) is 2. The summed E-state index contributed by atoms with van der Waals surface area (Å²) in [6.07, 6.45) is 4.89. The van der Waals surface area contributed by atoms with Crippen molar-refractivity contribution < 1.29 is 0 Å². The number of rotatable bonds is 3. The Balaban J connectivity index is 2.37. The van der Waals surface area contributed by atoms with Crippen LogP contribution in [0.15, 0.2) is 0 Å². The number of aromatic nitrogens is 2. The zero-order valence-electron chi connectivity index (χ0n) is 11.6. The number of likely N-dealkylation sites (N-methyl/N-ethyl adjacent to an activating group) is 1. The van der Waals surface area contributed by atoms with E-state index in [1.54, 1.807) is 0 Å². The van der Waals surface area contributed by atoms with E-state index in [4.69, 9.17) is 4.98 Å². The highest BCUT2D eigenvalue weighted by Crippen LogP contribution is 2.28. The fourth-order valence-electron chi connectivity index (χ4n) is 2.63. The van der Waals surface area contributed by atoms with E-state index in [1.807, 2.05) is 7.05 Å². The van der Waals surface area contributed by atoms with Crippen molar-refractivity contribution in [1.82, 2.24) is 14.9 Å². The quantitative estimate of drug-likeness (QED) is 0.871. The van der Waals surface area contributed by atoms with Gasteiger partial charge in [0.05, 0.1) is 5.69 Å². The lowest BCUT2D eigenvalue weighted by Gasteiger charge is -2.23. The third-order valence-electron chi connectivity index (χ3n) is 3.48. The Labute approximate surface area is 105 Å². The van der Waals surface area contributed by atoms with Crippen LogP contribution in [-0.4, -0.2) is 23.1 Å². The smallest absolute Gasteiger partial charge is 0.114 e. The van der Waals surface area contributed by atoms with Crippen molar-refractivity contribution >= 4 is 0 Å². The molecule has 0 amide bonds. The molecule has 0 radical (unpaired) electrons. The summed E-state index contributed by atoms with van der Waals surface area (Å²) >= 11 is 0. The topological polar surface area (TPSA) is 29.9 Å². The average Bonchev–Trinajstić information content (AvgIpc) is 2.65. The monoisotopic (exact) mass is 235 g/mol. The third-order valence-corrected chi connectivity index (χ3v) is 3.48. The number of hydrogen-bond donors (Lipinski definition) is 1.